The summed E-state index contributed by atoms with van der Waals surface area (Å²) in [7, 11) is 0. The van der Waals surface area contributed by atoms with Crippen molar-refractivity contribution in [1.82, 2.24) is 0 Å². The molecule has 0 aromatic heterocycles. The molecule has 1 aliphatic carbocycles. The zero-order valence-electron chi connectivity index (χ0n) is 23.7. The Morgan fingerprint density at radius 2 is 0.698 bits per heavy atom. The molecule has 0 atom stereocenters. The highest BCUT2D eigenvalue weighted by Gasteiger charge is 2.24. The summed E-state index contributed by atoms with van der Waals surface area (Å²) >= 11 is 0. The minimum absolute atomic E-state index is 0.950. The van der Waals surface area contributed by atoms with E-state index in [9.17, 15) is 0 Å². The lowest BCUT2D eigenvalue weighted by molar-refractivity contribution is 1.26. The van der Waals surface area contributed by atoms with Gasteiger partial charge in [-0.05, 0) is 107 Å². The summed E-state index contributed by atoms with van der Waals surface area (Å²) in [5.41, 5.74) is 13.3. The SMILES string of the molecule is c1ccc(-c2cccc3c2Cc2c(-c4cccc(-c5ccc6c7ccccc7c7ccccc7c6c5)c4)cccc2-3)cc1. The number of benzene rings is 8. The standard InChI is InChI=1S/C43H28/c1-2-11-28(12-3-1)32-19-9-21-38-39-22-10-20-33(43(39)27-42(32)38)31-14-8-13-29(25-31)30-23-24-40-36-17-5-4-15-34(36)35-16-6-7-18-37(35)41(40)26-30/h1-26H,27H2. The van der Waals surface area contributed by atoms with Crippen molar-refractivity contribution < 1.29 is 0 Å². The lowest BCUT2D eigenvalue weighted by atomic mass is 9.90. The van der Waals surface area contributed by atoms with Gasteiger partial charge in [-0.25, -0.2) is 0 Å². The molecule has 0 heterocycles. The molecule has 8 aromatic rings. The third-order valence-electron chi connectivity index (χ3n) is 9.33. The van der Waals surface area contributed by atoms with E-state index < -0.39 is 0 Å². The largest absolute Gasteiger partial charge is 0.0622 e. The van der Waals surface area contributed by atoms with Crippen molar-refractivity contribution in [2.45, 2.75) is 6.42 Å². The fourth-order valence-electron chi connectivity index (χ4n) is 7.35. The van der Waals surface area contributed by atoms with Crippen LogP contribution < -0.4 is 0 Å². The molecule has 0 N–H and O–H groups in total. The monoisotopic (exact) mass is 544 g/mol. The Labute approximate surface area is 251 Å². The molecule has 0 radical (unpaired) electrons. The molecule has 0 fully saturated rings. The number of hydrogen-bond acceptors (Lipinski definition) is 0. The van der Waals surface area contributed by atoms with E-state index in [0.717, 1.165) is 6.42 Å². The molecular weight excluding hydrogens is 516 g/mol. The Morgan fingerprint density at radius 3 is 1.35 bits per heavy atom. The maximum Gasteiger partial charge on any atom is -0.000112 e. The lowest BCUT2D eigenvalue weighted by Gasteiger charge is -2.13. The van der Waals surface area contributed by atoms with Crippen LogP contribution in [0.4, 0.5) is 0 Å². The van der Waals surface area contributed by atoms with Crippen LogP contribution in [0.15, 0.2) is 158 Å². The Kier molecular flexibility index (Phi) is 5.36. The van der Waals surface area contributed by atoms with E-state index in [1.807, 2.05) is 0 Å². The van der Waals surface area contributed by atoms with Gasteiger partial charge in [0.2, 0.25) is 0 Å². The summed E-state index contributed by atoms with van der Waals surface area (Å²) in [6.45, 7) is 0. The molecule has 8 aromatic carbocycles. The average molecular weight is 545 g/mol. The second-order valence-corrected chi connectivity index (χ2v) is 11.6. The highest BCUT2D eigenvalue weighted by atomic mass is 14.3. The van der Waals surface area contributed by atoms with Crippen LogP contribution in [0.1, 0.15) is 11.1 Å². The van der Waals surface area contributed by atoms with Crippen molar-refractivity contribution in [3.8, 4) is 44.5 Å². The first-order chi connectivity index (χ1) is 21.3. The van der Waals surface area contributed by atoms with Gasteiger partial charge in [-0.2, -0.15) is 0 Å². The second-order valence-electron chi connectivity index (χ2n) is 11.6. The molecule has 9 rings (SSSR count). The highest BCUT2D eigenvalue weighted by molar-refractivity contribution is 6.25. The van der Waals surface area contributed by atoms with E-state index in [4.69, 9.17) is 0 Å². The number of rotatable bonds is 3. The molecule has 0 spiro atoms. The maximum atomic E-state index is 2.39. The molecule has 0 nitrogen and oxygen atoms in total. The molecule has 1 aliphatic rings. The highest BCUT2D eigenvalue weighted by Crippen LogP contribution is 2.45. The van der Waals surface area contributed by atoms with Crippen LogP contribution in [-0.4, -0.2) is 0 Å². The van der Waals surface area contributed by atoms with Crippen molar-refractivity contribution >= 4 is 32.3 Å². The molecule has 0 saturated heterocycles. The molecule has 0 aliphatic heterocycles. The predicted octanol–water partition coefficient (Wildman–Crippen LogP) is 11.7. The van der Waals surface area contributed by atoms with Crippen LogP contribution in [0.2, 0.25) is 0 Å². The summed E-state index contributed by atoms with van der Waals surface area (Å²) in [5.74, 6) is 0. The smallest absolute Gasteiger partial charge is 0.000112 e. The van der Waals surface area contributed by atoms with E-state index in [2.05, 4.69) is 158 Å². The van der Waals surface area contributed by atoms with E-state index in [1.165, 1.54) is 88.0 Å². The summed E-state index contributed by atoms with van der Waals surface area (Å²) < 4.78 is 0. The van der Waals surface area contributed by atoms with Gasteiger partial charge in [-0.1, -0.05) is 146 Å². The lowest BCUT2D eigenvalue weighted by Crippen LogP contribution is -1.90. The fourth-order valence-corrected chi connectivity index (χ4v) is 7.35. The van der Waals surface area contributed by atoms with Crippen LogP contribution in [0.5, 0.6) is 0 Å². The molecule has 0 heteroatoms. The van der Waals surface area contributed by atoms with Crippen LogP contribution in [-0.2, 0) is 6.42 Å². The Bertz CT molecular complexity index is 2320. The molecule has 200 valence electrons. The van der Waals surface area contributed by atoms with Gasteiger partial charge in [-0.15, -0.1) is 0 Å². The van der Waals surface area contributed by atoms with Crippen molar-refractivity contribution in [2.75, 3.05) is 0 Å². The molecule has 0 unspecified atom stereocenters. The normalized spacial score (nSPS) is 12.1. The molecule has 0 saturated carbocycles. The van der Waals surface area contributed by atoms with Gasteiger partial charge < -0.3 is 0 Å². The summed E-state index contributed by atoms with van der Waals surface area (Å²) in [4.78, 5) is 0. The van der Waals surface area contributed by atoms with Gasteiger partial charge in [0, 0.05) is 0 Å². The van der Waals surface area contributed by atoms with Crippen molar-refractivity contribution in [1.29, 1.82) is 0 Å². The number of fused-ring (bicyclic) bond motifs is 9. The maximum absolute atomic E-state index is 2.39. The molecule has 0 bridgehead atoms. The minimum atomic E-state index is 0.950. The third-order valence-corrected chi connectivity index (χ3v) is 9.33. The zero-order valence-corrected chi connectivity index (χ0v) is 23.7. The van der Waals surface area contributed by atoms with Crippen molar-refractivity contribution in [2.24, 2.45) is 0 Å². The van der Waals surface area contributed by atoms with Crippen LogP contribution >= 0.6 is 0 Å². The topological polar surface area (TPSA) is 0 Å². The van der Waals surface area contributed by atoms with Crippen LogP contribution in [0, 0.1) is 0 Å². The number of hydrogen-bond donors (Lipinski definition) is 0. The van der Waals surface area contributed by atoms with Gasteiger partial charge in [0.25, 0.3) is 0 Å². The van der Waals surface area contributed by atoms with Crippen LogP contribution in [0.3, 0.4) is 0 Å². The van der Waals surface area contributed by atoms with Gasteiger partial charge in [-0.3, -0.25) is 0 Å². The van der Waals surface area contributed by atoms with Gasteiger partial charge in [0.15, 0.2) is 0 Å². The Hall–Kier alpha value is -5.46. The van der Waals surface area contributed by atoms with Crippen molar-refractivity contribution in [3.05, 3.63) is 169 Å². The van der Waals surface area contributed by atoms with Gasteiger partial charge >= 0.3 is 0 Å². The quantitative estimate of drug-likeness (QED) is 0.194. The van der Waals surface area contributed by atoms with Crippen molar-refractivity contribution in [3.63, 3.8) is 0 Å². The Morgan fingerprint density at radius 1 is 0.256 bits per heavy atom. The molecule has 0 amide bonds. The van der Waals surface area contributed by atoms with E-state index in [-0.39, 0.29) is 0 Å². The average Bonchev–Trinajstić information content (AvgIpc) is 3.48. The first kappa shape index (κ1) is 24.2. The van der Waals surface area contributed by atoms with Gasteiger partial charge in [0.1, 0.15) is 0 Å². The van der Waals surface area contributed by atoms with E-state index >= 15 is 0 Å². The first-order valence-corrected chi connectivity index (χ1v) is 15.1. The summed E-state index contributed by atoms with van der Waals surface area (Å²) in [6.07, 6.45) is 0.950. The third kappa shape index (κ3) is 3.77. The van der Waals surface area contributed by atoms with Crippen LogP contribution in [0.25, 0.3) is 76.8 Å². The Balaban J connectivity index is 1.17. The second kappa shape index (κ2) is 9.54. The summed E-state index contributed by atoms with van der Waals surface area (Å²) in [6, 6.07) is 58.1. The molecule has 43 heavy (non-hydrogen) atoms. The fraction of sp³-hybridized carbons (Fsp3) is 0.0233. The van der Waals surface area contributed by atoms with E-state index in [1.54, 1.807) is 0 Å². The molecular formula is C43H28. The predicted molar refractivity (Wildman–Crippen MR) is 184 cm³/mol. The zero-order chi connectivity index (χ0) is 28.3. The summed E-state index contributed by atoms with van der Waals surface area (Å²) in [5, 5.41) is 7.86. The minimum Gasteiger partial charge on any atom is -0.0622 e. The van der Waals surface area contributed by atoms with Gasteiger partial charge in [0.05, 0.1) is 0 Å². The first-order valence-electron chi connectivity index (χ1n) is 15.1. The van der Waals surface area contributed by atoms with E-state index in [0.29, 0.717) is 0 Å².